The highest BCUT2D eigenvalue weighted by Gasteiger charge is 2.21. The van der Waals surface area contributed by atoms with Gasteiger partial charge in [0, 0.05) is 30.9 Å². The lowest BCUT2D eigenvalue weighted by Gasteiger charge is -2.30. The third-order valence-corrected chi connectivity index (χ3v) is 3.60. The fourth-order valence-corrected chi connectivity index (χ4v) is 2.61. The molecular formula is C11H16N2S. The number of pyridine rings is 1. The van der Waals surface area contributed by atoms with Gasteiger partial charge in [-0.2, -0.15) is 0 Å². The van der Waals surface area contributed by atoms with E-state index in [1.807, 2.05) is 24.2 Å². The van der Waals surface area contributed by atoms with Gasteiger partial charge in [0.2, 0.25) is 0 Å². The van der Waals surface area contributed by atoms with E-state index in [2.05, 4.69) is 27.7 Å². The molecule has 0 bridgehead atoms. The second kappa shape index (κ2) is 4.80. The summed E-state index contributed by atoms with van der Waals surface area (Å²) in [5.41, 5.74) is 1.26. The van der Waals surface area contributed by atoms with E-state index in [-0.39, 0.29) is 0 Å². The summed E-state index contributed by atoms with van der Waals surface area (Å²) in [5.74, 6) is 0.636. The van der Waals surface area contributed by atoms with Gasteiger partial charge in [-0.15, -0.1) is 0 Å². The van der Waals surface area contributed by atoms with Gasteiger partial charge in [0.1, 0.15) is 0 Å². The zero-order valence-corrected chi connectivity index (χ0v) is 9.33. The molecule has 1 fully saturated rings. The standard InChI is InChI=1S/C11H16N2S/c1-14-13-8-4-5-10(9-13)11-6-2-3-7-12-11/h2-3,6-7,10H,4-5,8-9H2,1H3. The molecule has 0 aromatic carbocycles. The van der Waals surface area contributed by atoms with Crippen LogP contribution < -0.4 is 0 Å². The van der Waals surface area contributed by atoms with Gasteiger partial charge in [-0.05, 0) is 31.2 Å². The molecule has 1 unspecified atom stereocenters. The van der Waals surface area contributed by atoms with E-state index >= 15 is 0 Å². The van der Waals surface area contributed by atoms with Gasteiger partial charge in [0.15, 0.2) is 0 Å². The lowest BCUT2D eigenvalue weighted by atomic mass is 9.96. The molecule has 0 saturated carbocycles. The van der Waals surface area contributed by atoms with Crippen molar-refractivity contribution in [3.05, 3.63) is 30.1 Å². The van der Waals surface area contributed by atoms with E-state index in [9.17, 15) is 0 Å². The lowest BCUT2D eigenvalue weighted by molar-refractivity contribution is 0.339. The molecule has 2 nitrogen and oxygen atoms in total. The van der Waals surface area contributed by atoms with E-state index in [4.69, 9.17) is 0 Å². The molecule has 1 aliphatic heterocycles. The third kappa shape index (κ3) is 2.28. The first kappa shape index (κ1) is 9.99. The molecule has 14 heavy (non-hydrogen) atoms. The molecule has 0 amide bonds. The molecule has 1 atom stereocenters. The van der Waals surface area contributed by atoms with E-state index in [0.717, 1.165) is 6.54 Å². The zero-order chi connectivity index (χ0) is 9.80. The molecule has 3 heteroatoms. The summed E-state index contributed by atoms with van der Waals surface area (Å²) in [6.07, 6.45) is 6.63. The first-order valence-corrected chi connectivity index (χ1v) is 6.28. The molecule has 1 aromatic rings. The highest BCUT2D eigenvalue weighted by Crippen LogP contribution is 2.27. The first-order valence-electron chi connectivity index (χ1n) is 5.10. The summed E-state index contributed by atoms with van der Waals surface area (Å²) in [6, 6.07) is 6.22. The maximum absolute atomic E-state index is 4.44. The molecule has 0 spiro atoms. The first-order chi connectivity index (χ1) is 6.90. The molecule has 76 valence electrons. The summed E-state index contributed by atoms with van der Waals surface area (Å²) >= 11 is 1.85. The summed E-state index contributed by atoms with van der Waals surface area (Å²) in [6.45, 7) is 2.38. The van der Waals surface area contributed by atoms with Crippen molar-refractivity contribution in [2.24, 2.45) is 0 Å². The van der Waals surface area contributed by atoms with Crippen LogP contribution in [-0.2, 0) is 0 Å². The Balaban J connectivity index is 2.04. The Morgan fingerprint density at radius 3 is 3.14 bits per heavy atom. The average molecular weight is 208 g/mol. The minimum Gasteiger partial charge on any atom is -0.261 e. The molecule has 1 saturated heterocycles. The lowest BCUT2D eigenvalue weighted by Crippen LogP contribution is -2.29. The van der Waals surface area contributed by atoms with Gasteiger partial charge in [-0.3, -0.25) is 9.29 Å². The van der Waals surface area contributed by atoms with E-state index < -0.39 is 0 Å². The molecule has 1 aliphatic rings. The zero-order valence-electron chi connectivity index (χ0n) is 8.52. The molecular weight excluding hydrogens is 192 g/mol. The Morgan fingerprint density at radius 1 is 1.50 bits per heavy atom. The fraction of sp³-hybridized carbons (Fsp3) is 0.545. The van der Waals surface area contributed by atoms with E-state index in [1.54, 1.807) is 0 Å². The number of nitrogens with zero attached hydrogens (tertiary/aromatic N) is 2. The largest absolute Gasteiger partial charge is 0.261 e. The van der Waals surface area contributed by atoms with Crippen molar-refractivity contribution < 1.29 is 0 Å². The summed E-state index contributed by atoms with van der Waals surface area (Å²) in [4.78, 5) is 4.44. The van der Waals surface area contributed by atoms with Crippen LogP contribution in [-0.4, -0.2) is 28.6 Å². The van der Waals surface area contributed by atoms with Gasteiger partial charge in [0.25, 0.3) is 0 Å². The van der Waals surface area contributed by atoms with Crippen LogP contribution in [0.1, 0.15) is 24.5 Å². The Labute approximate surface area is 89.9 Å². The predicted octanol–water partition coefficient (Wildman–Crippen LogP) is 2.54. The number of hydrogen-bond acceptors (Lipinski definition) is 3. The molecule has 0 radical (unpaired) electrons. The van der Waals surface area contributed by atoms with Crippen LogP contribution in [0.3, 0.4) is 0 Å². The Morgan fingerprint density at radius 2 is 2.43 bits per heavy atom. The average Bonchev–Trinajstić information content (AvgIpc) is 2.30. The summed E-state index contributed by atoms with van der Waals surface area (Å²) in [5, 5.41) is 0. The van der Waals surface area contributed by atoms with Crippen molar-refractivity contribution in [1.82, 2.24) is 9.29 Å². The van der Waals surface area contributed by atoms with E-state index in [0.29, 0.717) is 5.92 Å². The van der Waals surface area contributed by atoms with Crippen molar-refractivity contribution in [1.29, 1.82) is 0 Å². The SMILES string of the molecule is CSN1CCCC(c2ccccn2)C1. The highest BCUT2D eigenvalue weighted by molar-refractivity contribution is 7.96. The van der Waals surface area contributed by atoms with Gasteiger partial charge < -0.3 is 0 Å². The van der Waals surface area contributed by atoms with Gasteiger partial charge in [0.05, 0.1) is 0 Å². The van der Waals surface area contributed by atoms with Crippen LogP contribution in [0, 0.1) is 0 Å². The maximum Gasteiger partial charge on any atom is 0.0447 e. The number of aromatic nitrogens is 1. The van der Waals surface area contributed by atoms with Crippen LogP contribution in [0.4, 0.5) is 0 Å². The molecule has 0 N–H and O–H groups in total. The highest BCUT2D eigenvalue weighted by atomic mass is 32.2. The number of rotatable bonds is 2. The van der Waals surface area contributed by atoms with E-state index in [1.165, 1.54) is 25.1 Å². The molecule has 1 aromatic heterocycles. The third-order valence-electron chi connectivity index (χ3n) is 2.75. The molecule has 2 rings (SSSR count). The minimum absolute atomic E-state index is 0.636. The van der Waals surface area contributed by atoms with Crippen molar-refractivity contribution in [3.8, 4) is 0 Å². The Kier molecular flexibility index (Phi) is 3.43. The topological polar surface area (TPSA) is 16.1 Å². The summed E-state index contributed by atoms with van der Waals surface area (Å²) < 4.78 is 2.43. The van der Waals surface area contributed by atoms with Crippen molar-refractivity contribution in [2.75, 3.05) is 19.3 Å². The summed E-state index contributed by atoms with van der Waals surface area (Å²) in [7, 11) is 0. The normalized spacial score (nSPS) is 23.6. The Hall–Kier alpha value is -0.540. The van der Waals surface area contributed by atoms with Gasteiger partial charge in [-0.1, -0.05) is 18.0 Å². The van der Waals surface area contributed by atoms with Crippen molar-refractivity contribution in [3.63, 3.8) is 0 Å². The van der Waals surface area contributed by atoms with Crippen LogP contribution in [0.5, 0.6) is 0 Å². The second-order valence-corrected chi connectivity index (χ2v) is 4.55. The predicted molar refractivity (Wildman–Crippen MR) is 61.3 cm³/mol. The van der Waals surface area contributed by atoms with Crippen molar-refractivity contribution >= 4 is 11.9 Å². The quantitative estimate of drug-likeness (QED) is 0.695. The second-order valence-electron chi connectivity index (χ2n) is 3.66. The number of hydrogen-bond donors (Lipinski definition) is 0. The molecule has 2 heterocycles. The van der Waals surface area contributed by atoms with Crippen LogP contribution in [0.15, 0.2) is 24.4 Å². The van der Waals surface area contributed by atoms with Crippen molar-refractivity contribution in [2.45, 2.75) is 18.8 Å². The number of piperidine rings is 1. The minimum atomic E-state index is 0.636. The van der Waals surface area contributed by atoms with Gasteiger partial charge in [-0.25, -0.2) is 0 Å². The Bertz CT molecular complexity index is 276. The fourth-order valence-electron chi connectivity index (χ4n) is 1.97. The van der Waals surface area contributed by atoms with Crippen LogP contribution >= 0.6 is 11.9 Å². The monoisotopic (exact) mass is 208 g/mol. The molecule has 0 aliphatic carbocycles. The van der Waals surface area contributed by atoms with Crippen LogP contribution in [0.2, 0.25) is 0 Å². The smallest absolute Gasteiger partial charge is 0.0447 e. The van der Waals surface area contributed by atoms with Crippen LogP contribution in [0.25, 0.3) is 0 Å². The van der Waals surface area contributed by atoms with Gasteiger partial charge >= 0.3 is 0 Å². The maximum atomic E-state index is 4.44.